The van der Waals surface area contributed by atoms with Crippen molar-refractivity contribution in [1.82, 2.24) is 9.80 Å². The summed E-state index contributed by atoms with van der Waals surface area (Å²) in [5.74, 6) is 0. The lowest BCUT2D eigenvalue weighted by Crippen LogP contribution is -2.33. The second-order valence-electron chi connectivity index (χ2n) is 5.80. The van der Waals surface area contributed by atoms with E-state index in [0.29, 0.717) is 0 Å². The van der Waals surface area contributed by atoms with Crippen LogP contribution in [0.5, 0.6) is 0 Å². The summed E-state index contributed by atoms with van der Waals surface area (Å²) in [7, 11) is 2.18. The van der Waals surface area contributed by atoms with Gasteiger partial charge in [-0.15, -0.1) is 0 Å². The third-order valence-corrected chi connectivity index (χ3v) is 4.33. The zero-order valence-electron chi connectivity index (χ0n) is 12.4. The molecule has 112 valence electrons. The van der Waals surface area contributed by atoms with E-state index in [4.69, 9.17) is 17.3 Å². The Morgan fingerprint density at radius 3 is 2.75 bits per heavy atom. The Balaban J connectivity index is 1.68. The van der Waals surface area contributed by atoms with Crippen LogP contribution in [0.3, 0.4) is 0 Å². The molecule has 1 saturated heterocycles. The number of hydrogen-bond donors (Lipinski definition) is 1. The van der Waals surface area contributed by atoms with Crippen LogP contribution in [0.4, 0.5) is 0 Å². The first kappa shape index (κ1) is 15.8. The molecule has 4 heteroatoms. The zero-order chi connectivity index (χ0) is 14.4. The van der Waals surface area contributed by atoms with E-state index in [1.807, 2.05) is 18.2 Å². The van der Waals surface area contributed by atoms with E-state index in [2.05, 4.69) is 22.9 Å². The fraction of sp³-hybridized carbons (Fsp3) is 0.625. The first-order valence-electron chi connectivity index (χ1n) is 7.57. The van der Waals surface area contributed by atoms with E-state index in [0.717, 1.165) is 30.1 Å². The number of likely N-dealkylation sites (N-methyl/N-ethyl adjacent to an activating group) is 1. The van der Waals surface area contributed by atoms with Crippen molar-refractivity contribution >= 4 is 11.6 Å². The highest BCUT2D eigenvalue weighted by Gasteiger charge is 2.12. The number of nitrogens with zero attached hydrogens (tertiary/aromatic N) is 2. The molecule has 1 aliphatic heterocycles. The summed E-state index contributed by atoms with van der Waals surface area (Å²) in [4.78, 5) is 4.93. The first-order chi connectivity index (χ1) is 9.65. The molecule has 2 N–H and O–H groups in total. The van der Waals surface area contributed by atoms with Gasteiger partial charge in [-0.3, -0.25) is 0 Å². The number of likely N-dealkylation sites (tertiary alicyclic amines) is 1. The van der Waals surface area contributed by atoms with Crippen LogP contribution in [0.25, 0.3) is 0 Å². The monoisotopic (exact) mass is 295 g/mol. The summed E-state index contributed by atoms with van der Waals surface area (Å²) in [6, 6.07) is 7.95. The quantitative estimate of drug-likeness (QED) is 0.839. The molecule has 20 heavy (non-hydrogen) atoms. The van der Waals surface area contributed by atoms with Crippen LogP contribution < -0.4 is 5.73 Å². The smallest absolute Gasteiger partial charge is 0.0409 e. The topological polar surface area (TPSA) is 32.5 Å². The number of benzene rings is 1. The van der Waals surface area contributed by atoms with Gasteiger partial charge >= 0.3 is 0 Å². The Morgan fingerprint density at radius 1 is 1.30 bits per heavy atom. The lowest BCUT2D eigenvalue weighted by atomic mass is 10.0. The Hall–Kier alpha value is -0.610. The Kier molecular flexibility index (Phi) is 6.30. The van der Waals surface area contributed by atoms with E-state index in [-0.39, 0.29) is 6.04 Å². The van der Waals surface area contributed by atoms with Crippen LogP contribution >= 0.6 is 11.6 Å². The van der Waals surface area contributed by atoms with Gasteiger partial charge in [-0.05, 0) is 63.6 Å². The van der Waals surface area contributed by atoms with Crippen molar-refractivity contribution in [2.24, 2.45) is 5.73 Å². The van der Waals surface area contributed by atoms with Crippen LogP contribution in [0.1, 0.15) is 30.9 Å². The molecule has 1 unspecified atom stereocenters. The molecule has 0 amide bonds. The minimum atomic E-state index is 0.0722. The van der Waals surface area contributed by atoms with Crippen molar-refractivity contribution in [3.05, 3.63) is 34.9 Å². The molecule has 0 saturated carbocycles. The van der Waals surface area contributed by atoms with Crippen molar-refractivity contribution < 1.29 is 0 Å². The number of nitrogens with two attached hydrogens (primary N) is 1. The van der Waals surface area contributed by atoms with Crippen LogP contribution in [-0.2, 0) is 0 Å². The number of halogens is 1. The maximum absolute atomic E-state index is 6.23. The lowest BCUT2D eigenvalue weighted by molar-refractivity contribution is 0.251. The van der Waals surface area contributed by atoms with E-state index >= 15 is 0 Å². The SMILES string of the molecule is CN(CCC(N)c1cccc(Cl)c1)CCN1CCCC1. The lowest BCUT2D eigenvalue weighted by Gasteiger charge is -2.22. The maximum atomic E-state index is 6.23. The summed E-state index contributed by atoms with van der Waals surface area (Å²) in [6.45, 7) is 5.89. The van der Waals surface area contributed by atoms with Gasteiger partial charge in [0.2, 0.25) is 0 Å². The van der Waals surface area contributed by atoms with Gasteiger partial charge in [-0.25, -0.2) is 0 Å². The predicted octanol–water partition coefficient (Wildman–Crippen LogP) is 2.76. The molecule has 1 aliphatic rings. The second-order valence-corrected chi connectivity index (χ2v) is 6.24. The molecular weight excluding hydrogens is 270 g/mol. The maximum Gasteiger partial charge on any atom is 0.0409 e. The largest absolute Gasteiger partial charge is 0.324 e. The second kappa shape index (κ2) is 7.99. The van der Waals surface area contributed by atoms with Crippen LogP contribution in [0.15, 0.2) is 24.3 Å². The molecule has 1 fully saturated rings. The number of rotatable bonds is 7. The Morgan fingerprint density at radius 2 is 2.05 bits per heavy atom. The highest BCUT2D eigenvalue weighted by atomic mass is 35.5. The molecule has 3 nitrogen and oxygen atoms in total. The van der Waals surface area contributed by atoms with Gasteiger partial charge < -0.3 is 15.5 Å². The third-order valence-electron chi connectivity index (χ3n) is 4.10. The van der Waals surface area contributed by atoms with Crippen LogP contribution in [-0.4, -0.2) is 49.6 Å². The minimum absolute atomic E-state index is 0.0722. The van der Waals surface area contributed by atoms with Crippen LogP contribution in [0, 0.1) is 0 Å². The molecule has 0 aliphatic carbocycles. The van der Waals surface area contributed by atoms with E-state index in [1.165, 1.54) is 32.5 Å². The average molecular weight is 296 g/mol. The third kappa shape index (κ3) is 5.06. The summed E-state index contributed by atoms with van der Waals surface area (Å²) < 4.78 is 0. The fourth-order valence-corrected chi connectivity index (χ4v) is 2.89. The minimum Gasteiger partial charge on any atom is -0.324 e. The van der Waals surface area contributed by atoms with Gasteiger partial charge in [0.1, 0.15) is 0 Å². The summed E-state index contributed by atoms with van der Waals surface area (Å²) in [5.41, 5.74) is 7.36. The molecule has 0 radical (unpaired) electrons. The molecule has 0 spiro atoms. The van der Waals surface area contributed by atoms with Gasteiger partial charge in [0.15, 0.2) is 0 Å². The van der Waals surface area contributed by atoms with Crippen molar-refractivity contribution in [2.75, 3.05) is 39.8 Å². The van der Waals surface area contributed by atoms with Gasteiger partial charge in [0.05, 0.1) is 0 Å². The molecule has 1 aromatic carbocycles. The van der Waals surface area contributed by atoms with Gasteiger partial charge in [-0.1, -0.05) is 23.7 Å². The zero-order valence-corrected chi connectivity index (χ0v) is 13.1. The van der Waals surface area contributed by atoms with E-state index < -0.39 is 0 Å². The Labute approximate surface area is 127 Å². The van der Waals surface area contributed by atoms with Gasteiger partial charge in [0.25, 0.3) is 0 Å². The summed E-state index contributed by atoms with van der Waals surface area (Å²) >= 11 is 6.00. The van der Waals surface area contributed by atoms with Gasteiger partial charge in [0, 0.05) is 24.2 Å². The molecule has 1 heterocycles. The van der Waals surface area contributed by atoms with Crippen molar-refractivity contribution in [3.8, 4) is 0 Å². The Bertz CT molecular complexity index is 404. The fourth-order valence-electron chi connectivity index (χ4n) is 2.69. The molecule has 0 aromatic heterocycles. The highest BCUT2D eigenvalue weighted by Crippen LogP contribution is 2.18. The van der Waals surface area contributed by atoms with Crippen molar-refractivity contribution in [1.29, 1.82) is 0 Å². The number of hydrogen-bond acceptors (Lipinski definition) is 3. The molecule has 2 rings (SSSR count). The average Bonchev–Trinajstić information content (AvgIpc) is 2.95. The summed E-state index contributed by atoms with van der Waals surface area (Å²) in [6.07, 6.45) is 3.70. The van der Waals surface area contributed by atoms with E-state index in [9.17, 15) is 0 Å². The van der Waals surface area contributed by atoms with Gasteiger partial charge in [-0.2, -0.15) is 0 Å². The first-order valence-corrected chi connectivity index (χ1v) is 7.95. The normalized spacial score (nSPS) is 17.8. The van der Waals surface area contributed by atoms with E-state index in [1.54, 1.807) is 0 Å². The standard InChI is InChI=1S/C16H26ClN3/c1-19(11-12-20-8-2-3-9-20)10-7-16(18)14-5-4-6-15(17)13-14/h4-6,13,16H,2-3,7-12,18H2,1H3. The molecule has 1 atom stereocenters. The highest BCUT2D eigenvalue weighted by molar-refractivity contribution is 6.30. The summed E-state index contributed by atoms with van der Waals surface area (Å²) in [5, 5.41) is 0.764. The molecule has 0 bridgehead atoms. The predicted molar refractivity (Wildman–Crippen MR) is 86.2 cm³/mol. The molecule has 1 aromatic rings. The molecular formula is C16H26ClN3. The van der Waals surface area contributed by atoms with Crippen LogP contribution in [0.2, 0.25) is 5.02 Å². The van der Waals surface area contributed by atoms with Crippen molar-refractivity contribution in [3.63, 3.8) is 0 Å². The van der Waals surface area contributed by atoms with Crippen molar-refractivity contribution in [2.45, 2.75) is 25.3 Å².